The summed E-state index contributed by atoms with van der Waals surface area (Å²) in [7, 11) is 0. The van der Waals surface area contributed by atoms with Crippen LogP contribution in [0.5, 0.6) is 0 Å². The van der Waals surface area contributed by atoms with E-state index in [-0.39, 0.29) is 11.8 Å². The maximum absolute atomic E-state index is 12.3. The molecular formula is C18H25N3O2. The first-order chi connectivity index (χ1) is 11.3. The van der Waals surface area contributed by atoms with Gasteiger partial charge in [0.15, 0.2) is 0 Å². The molecule has 1 aromatic rings. The van der Waals surface area contributed by atoms with Gasteiger partial charge in [0, 0.05) is 24.1 Å². The summed E-state index contributed by atoms with van der Waals surface area (Å²) in [5, 5.41) is 3.04. The summed E-state index contributed by atoms with van der Waals surface area (Å²) in [6.07, 6.45) is 10.5. The van der Waals surface area contributed by atoms with Crippen LogP contribution in [0.4, 0.5) is 0 Å². The Labute approximate surface area is 137 Å². The third kappa shape index (κ3) is 3.39. The quantitative estimate of drug-likeness (QED) is 0.926. The molecule has 0 bridgehead atoms. The van der Waals surface area contributed by atoms with Crippen molar-refractivity contribution in [1.29, 1.82) is 0 Å². The van der Waals surface area contributed by atoms with Crippen molar-refractivity contribution < 1.29 is 9.53 Å². The van der Waals surface area contributed by atoms with Gasteiger partial charge in [0.2, 0.25) is 5.91 Å². The smallest absolute Gasteiger partial charge is 0.223 e. The Balaban J connectivity index is 1.29. The number of nitrogens with one attached hydrogen (secondary N) is 1. The fraction of sp³-hybridized carbons (Fsp3) is 0.722. The van der Waals surface area contributed by atoms with Gasteiger partial charge in [0.25, 0.3) is 0 Å². The lowest BCUT2D eigenvalue weighted by molar-refractivity contribution is -0.123. The molecule has 0 spiro atoms. The summed E-state index contributed by atoms with van der Waals surface area (Å²) in [6.45, 7) is 1.77. The first kappa shape index (κ1) is 15.1. The lowest BCUT2D eigenvalue weighted by Crippen LogP contribution is -2.27. The van der Waals surface area contributed by atoms with Crippen LogP contribution in [0.25, 0.3) is 0 Å². The highest BCUT2D eigenvalue weighted by atomic mass is 16.5. The van der Waals surface area contributed by atoms with Gasteiger partial charge in [-0.05, 0) is 18.3 Å². The van der Waals surface area contributed by atoms with E-state index in [4.69, 9.17) is 4.74 Å². The van der Waals surface area contributed by atoms with Gasteiger partial charge >= 0.3 is 0 Å². The van der Waals surface area contributed by atoms with Gasteiger partial charge in [0.05, 0.1) is 25.5 Å². The number of hydrogen-bond donors (Lipinski definition) is 1. The summed E-state index contributed by atoms with van der Waals surface area (Å²) in [4.78, 5) is 21.2. The highest BCUT2D eigenvalue weighted by Gasteiger charge is 2.47. The largest absolute Gasteiger partial charge is 0.376 e. The van der Waals surface area contributed by atoms with Crippen LogP contribution >= 0.6 is 0 Å². The zero-order valence-electron chi connectivity index (χ0n) is 13.6. The predicted molar refractivity (Wildman–Crippen MR) is 85.4 cm³/mol. The number of carbonyl (C=O) groups excluding carboxylic acids is 1. The van der Waals surface area contributed by atoms with Gasteiger partial charge in [-0.1, -0.05) is 32.1 Å². The zero-order valence-corrected chi connectivity index (χ0v) is 13.6. The van der Waals surface area contributed by atoms with Crippen LogP contribution in [0.15, 0.2) is 6.20 Å². The summed E-state index contributed by atoms with van der Waals surface area (Å²) in [6, 6.07) is 0. The van der Waals surface area contributed by atoms with Crippen molar-refractivity contribution in [2.75, 3.05) is 6.61 Å². The van der Waals surface area contributed by atoms with Crippen LogP contribution in [0, 0.1) is 17.8 Å². The summed E-state index contributed by atoms with van der Waals surface area (Å²) in [5.74, 6) is 2.58. The predicted octanol–water partition coefficient (Wildman–Crippen LogP) is 2.38. The molecule has 1 amide bonds. The minimum Gasteiger partial charge on any atom is -0.376 e. The van der Waals surface area contributed by atoms with Crippen LogP contribution in [-0.2, 0) is 29.1 Å². The van der Waals surface area contributed by atoms with Crippen molar-refractivity contribution >= 4 is 5.91 Å². The lowest BCUT2D eigenvalue weighted by Gasteiger charge is -2.21. The maximum Gasteiger partial charge on any atom is 0.223 e. The molecule has 1 N–H and O–H groups in total. The second-order valence-electron chi connectivity index (χ2n) is 7.18. The molecule has 2 fully saturated rings. The lowest BCUT2D eigenvalue weighted by atomic mass is 9.85. The van der Waals surface area contributed by atoms with Crippen molar-refractivity contribution in [3.8, 4) is 0 Å². The van der Waals surface area contributed by atoms with E-state index in [0.29, 0.717) is 24.9 Å². The van der Waals surface area contributed by atoms with E-state index in [1.165, 1.54) is 32.1 Å². The van der Waals surface area contributed by atoms with Crippen molar-refractivity contribution in [2.45, 2.75) is 58.1 Å². The molecule has 4 rings (SSSR count). The van der Waals surface area contributed by atoms with E-state index in [9.17, 15) is 4.79 Å². The van der Waals surface area contributed by atoms with Crippen molar-refractivity contribution in [3.05, 3.63) is 23.3 Å². The Morgan fingerprint density at radius 3 is 3.04 bits per heavy atom. The monoisotopic (exact) mass is 315 g/mol. The number of ether oxygens (including phenoxy) is 1. The first-order valence-corrected chi connectivity index (χ1v) is 9.00. The van der Waals surface area contributed by atoms with E-state index in [0.717, 1.165) is 36.6 Å². The number of hydrogen-bond acceptors (Lipinski definition) is 4. The summed E-state index contributed by atoms with van der Waals surface area (Å²) in [5.41, 5.74) is 2.15. The molecular weight excluding hydrogens is 290 g/mol. The van der Waals surface area contributed by atoms with Crippen LogP contribution in [0.1, 0.15) is 55.6 Å². The number of fused-ring (bicyclic) bond motifs is 1. The van der Waals surface area contributed by atoms with Gasteiger partial charge in [-0.15, -0.1) is 0 Å². The molecule has 0 saturated heterocycles. The molecule has 5 heteroatoms. The number of rotatable bonds is 4. The summed E-state index contributed by atoms with van der Waals surface area (Å²) < 4.78 is 5.39. The minimum absolute atomic E-state index is 0.199. The molecule has 2 heterocycles. The topological polar surface area (TPSA) is 64.1 Å². The molecule has 2 saturated carbocycles. The molecule has 1 aromatic heterocycles. The highest BCUT2D eigenvalue weighted by Crippen LogP contribution is 2.49. The van der Waals surface area contributed by atoms with Crippen LogP contribution in [-0.4, -0.2) is 22.5 Å². The molecule has 1 aliphatic heterocycles. The molecule has 2 unspecified atom stereocenters. The standard InChI is InChI=1S/C18H25N3O2/c22-18(15-8-14(15)12-4-2-1-3-5-12)20-10-17-19-9-13-11-23-7-6-16(13)21-17/h9,12,14-15H,1-8,10-11H2,(H,20,22). The Morgan fingerprint density at radius 1 is 1.30 bits per heavy atom. The average Bonchev–Trinajstić information content (AvgIpc) is 3.41. The molecule has 0 aromatic carbocycles. The van der Waals surface area contributed by atoms with Crippen LogP contribution in [0.2, 0.25) is 0 Å². The zero-order chi connectivity index (χ0) is 15.6. The van der Waals surface area contributed by atoms with Gasteiger partial charge in [-0.2, -0.15) is 0 Å². The molecule has 23 heavy (non-hydrogen) atoms. The van der Waals surface area contributed by atoms with Crippen molar-refractivity contribution in [1.82, 2.24) is 15.3 Å². The average molecular weight is 315 g/mol. The van der Waals surface area contributed by atoms with Crippen LogP contribution in [0.3, 0.4) is 0 Å². The summed E-state index contributed by atoms with van der Waals surface area (Å²) >= 11 is 0. The van der Waals surface area contributed by atoms with Crippen LogP contribution < -0.4 is 5.32 Å². The third-order valence-electron chi connectivity index (χ3n) is 5.60. The van der Waals surface area contributed by atoms with Crippen molar-refractivity contribution in [3.63, 3.8) is 0 Å². The number of amides is 1. The van der Waals surface area contributed by atoms with E-state index in [2.05, 4.69) is 15.3 Å². The third-order valence-corrected chi connectivity index (χ3v) is 5.60. The molecule has 124 valence electrons. The highest BCUT2D eigenvalue weighted by molar-refractivity contribution is 5.81. The van der Waals surface area contributed by atoms with E-state index >= 15 is 0 Å². The second kappa shape index (κ2) is 6.56. The second-order valence-corrected chi connectivity index (χ2v) is 7.18. The minimum atomic E-state index is 0.199. The first-order valence-electron chi connectivity index (χ1n) is 9.00. The molecule has 2 atom stereocenters. The molecule has 3 aliphatic rings. The van der Waals surface area contributed by atoms with E-state index < -0.39 is 0 Å². The number of nitrogens with zero attached hydrogens (tertiary/aromatic N) is 2. The Morgan fingerprint density at radius 2 is 2.17 bits per heavy atom. The number of carbonyl (C=O) groups is 1. The van der Waals surface area contributed by atoms with Gasteiger partial charge in [0.1, 0.15) is 5.82 Å². The number of aromatic nitrogens is 2. The normalized spacial score (nSPS) is 27.3. The fourth-order valence-corrected chi connectivity index (χ4v) is 4.15. The maximum atomic E-state index is 12.3. The Hall–Kier alpha value is -1.49. The van der Waals surface area contributed by atoms with Gasteiger partial charge in [-0.3, -0.25) is 4.79 Å². The molecule has 0 radical (unpaired) electrons. The van der Waals surface area contributed by atoms with E-state index in [1.807, 2.05) is 6.20 Å². The van der Waals surface area contributed by atoms with Gasteiger partial charge < -0.3 is 10.1 Å². The fourth-order valence-electron chi connectivity index (χ4n) is 4.15. The van der Waals surface area contributed by atoms with Crippen molar-refractivity contribution in [2.24, 2.45) is 17.8 Å². The molecule has 5 nitrogen and oxygen atoms in total. The Kier molecular flexibility index (Phi) is 4.29. The van der Waals surface area contributed by atoms with E-state index in [1.54, 1.807) is 0 Å². The Bertz CT molecular complexity index is 584. The molecule has 2 aliphatic carbocycles. The SMILES string of the molecule is O=C(NCc1ncc2c(n1)CCOC2)C1CC1C1CCCCC1. The van der Waals surface area contributed by atoms with Gasteiger partial charge in [-0.25, -0.2) is 9.97 Å².